The molecule has 0 radical (unpaired) electrons. The molecule has 0 amide bonds. The molecule has 2 nitrogen and oxygen atoms in total. The molecule has 98 valence electrons. The lowest BCUT2D eigenvalue weighted by molar-refractivity contribution is 0.436. The molecule has 18 heavy (non-hydrogen) atoms. The third-order valence-electron chi connectivity index (χ3n) is 3.18. The van der Waals surface area contributed by atoms with Crippen LogP contribution >= 0.6 is 11.8 Å². The van der Waals surface area contributed by atoms with Crippen LogP contribution in [0.1, 0.15) is 32.3 Å². The second kappa shape index (κ2) is 5.79. The first-order valence-electron chi connectivity index (χ1n) is 6.53. The highest BCUT2D eigenvalue weighted by Gasteiger charge is 2.23. The summed E-state index contributed by atoms with van der Waals surface area (Å²) in [5, 5.41) is 4.58. The maximum Gasteiger partial charge on any atom is 0.156 e. The van der Waals surface area contributed by atoms with Gasteiger partial charge in [-0.15, -0.1) is 0 Å². The van der Waals surface area contributed by atoms with Gasteiger partial charge in [0.15, 0.2) is 5.17 Å². The molecule has 0 aromatic heterocycles. The molecule has 1 N–H and O–H groups in total. The van der Waals surface area contributed by atoms with Gasteiger partial charge in [0.2, 0.25) is 0 Å². The number of aliphatic imine (C=N–C) groups is 1. The third kappa shape index (κ3) is 3.77. The molecule has 1 heterocycles. The van der Waals surface area contributed by atoms with Crippen LogP contribution in [0.25, 0.3) is 0 Å². The highest BCUT2D eigenvalue weighted by molar-refractivity contribution is 8.13. The maximum atomic E-state index is 4.62. The third-order valence-corrected chi connectivity index (χ3v) is 4.65. The monoisotopic (exact) mass is 262 g/mol. The topological polar surface area (TPSA) is 24.4 Å². The van der Waals surface area contributed by atoms with Crippen molar-refractivity contribution in [1.29, 1.82) is 0 Å². The van der Waals surface area contributed by atoms with E-state index in [1.165, 1.54) is 5.56 Å². The lowest BCUT2D eigenvalue weighted by Gasteiger charge is -2.27. The molecule has 0 fully saturated rings. The summed E-state index contributed by atoms with van der Waals surface area (Å²) in [7, 11) is 0. The van der Waals surface area contributed by atoms with Crippen molar-refractivity contribution in [2.75, 3.05) is 18.8 Å². The molecular weight excluding hydrogens is 240 g/mol. The zero-order chi connectivity index (χ0) is 13.0. The summed E-state index contributed by atoms with van der Waals surface area (Å²) in [5.74, 6) is 1.67. The Morgan fingerprint density at radius 2 is 2.06 bits per heavy atom. The Bertz CT molecular complexity index is 412. The molecule has 3 heteroatoms. The van der Waals surface area contributed by atoms with Crippen molar-refractivity contribution in [3.05, 3.63) is 35.9 Å². The van der Waals surface area contributed by atoms with Gasteiger partial charge in [0.25, 0.3) is 0 Å². The van der Waals surface area contributed by atoms with Crippen molar-refractivity contribution in [3.8, 4) is 0 Å². The fourth-order valence-corrected chi connectivity index (χ4v) is 2.85. The molecule has 0 saturated heterocycles. The molecule has 1 atom stereocenters. The van der Waals surface area contributed by atoms with Crippen LogP contribution in [-0.2, 0) is 0 Å². The van der Waals surface area contributed by atoms with Crippen molar-refractivity contribution in [2.45, 2.75) is 26.7 Å². The van der Waals surface area contributed by atoms with E-state index < -0.39 is 0 Å². The van der Waals surface area contributed by atoms with Crippen LogP contribution in [-0.4, -0.2) is 24.0 Å². The lowest BCUT2D eigenvalue weighted by Crippen LogP contribution is -2.33. The van der Waals surface area contributed by atoms with Crippen LogP contribution in [0.15, 0.2) is 35.3 Å². The maximum absolute atomic E-state index is 4.62. The second-order valence-electron chi connectivity index (χ2n) is 5.77. The minimum absolute atomic E-state index is 0.348. The van der Waals surface area contributed by atoms with Crippen LogP contribution in [0.3, 0.4) is 0 Å². The molecule has 1 aliphatic heterocycles. The second-order valence-corrected chi connectivity index (χ2v) is 6.73. The van der Waals surface area contributed by atoms with E-state index in [4.69, 9.17) is 0 Å². The molecule has 2 rings (SSSR count). The first-order chi connectivity index (χ1) is 8.57. The minimum atomic E-state index is 0.348. The predicted molar refractivity (Wildman–Crippen MR) is 81.4 cm³/mol. The SMILES string of the molecule is CC(CNC1=NCC(C)(C)CS1)c1ccccc1. The van der Waals surface area contributed by atoms with E-state index in [1.54, 1.807) is 0 Å². The molecule has 0 spiro atoms. The summed E-state index contributed by atoms with van der Waals surface area (Å²) in [6.07, 6.45) is 0. The van der Waals surface area contributed by atoms with E-state index in [-0.39, 0.29) is 0 Å². The molecule has 0 saturated carbocycles. The van der Waals surface area contributed by atoms with E-state index in [9.17, 15) is 0 Å². The zero-order valence-corrected chi connectivity index (χ0v) is 12.3. The Hall–Kier alpha value is -0.960. The van der Waals surface area contributed by atoms with Gasteiger partial charge in [-0.05, 0) is 16.9 Å². The average molecular weight is 262 g/mol. The van der Waals surface area contributed by atoms with Crippen molar-refractivity contribution in [3.63, 3.8) is 0 Å². The van der Waals surface area contributed by atoms with E-state index in [0.717, 1.165) is 24.0 Å². The Labute approximate surface area is 114 Å². The van der Waals surface area contributed by atoms with Crippen molar-refractivity contribution in [1.82, 2.24) is 5.32 Å². The van der Waals surface area contributed by atoms with Gasteiger partial charge in [0.05, 0.1) is 0 Å². The zero-order valence-electron chi connectivity index (χ0n) is 11.4. The minimum Gasteiger partial charge on any atom is -0.364 e. The van der Waals surface area contributed by atoms with E-state index >= 15 is 0 Å². The highest BCUT2D eigenvalue weighted by Crippen LogP contribution is 2.27. The highest BCUT2D eigenvalue weighted by atomic mass is 32.2. The normalized spacial score (nSPS) is 20.1. The molecule has 0 aliphatic carbocycles. The van der Waals surface area contributed by atoms with Crippen LogP contribution in [0.5, 0.6) is 0 Å². The number of nitrogens with zero attached hydrogens (tertiary/aromatic N) is 1. The van der Waals surface area contributed by atoms with Gasteiger partial charge in [-0.25, -0.2) is 0 Å². The van der Waals surface area contributed by atoms with E-state index in [0.29, 0.717) is 11.3 Å². The van der Waals surface area contributed by atoms with Crippen LogP contribution in [0.2, 0.25) is 0 Å². The summed E-state index contributed by atoms with van der Waals surface area (Å²) in [6, 6.07) is 10.6. The number of amidine groups is 1. The largest absolute Gasteiger partial charge is 0.364 e. The van der Waals surface area contributed by atoms with Gasteiger partial charge in [-0.1, -0.05) is 62.9 Å². The van der Waals surface area contributed by atoms with Gasteiger partial charge >= 0.3 is 0 Å². The van der Waals surface area contributed by atoms with Crippen molar-refractivity contribution >= 4 is 16.9 Å². The van der Waals surface area contributed by atoms with Crippen LogP contribution in [0, 0.1) is 5.41 Å². The quantitative estimate of drug-likeness (QED) is 0.901. The summed E-state index contributed by atoms with van der Waals surface area (Å²) in [4.78, 5) is 4.62. The number of rotatable bonds is 3. The van der Waals surface area contributed by atoms with Crippen molar-refractivity contribution in [2.24, 2.45) is 10.4 Å². The summed E-state index contributed by atoms with van der Waals surface area (Å²) in [6.45, 7) is 8.68. The number of benzene rings is 1. The van der Waals surface area contributed by atoms with Gasteiger partial charge in [-0.3, -0.25) is 4.99 Å². The summed E-state index contributed by atoms with van der Waals surface area (Å²) in [5.41, 5.74) is 1.73. The Morgan fingerprint density at radius 1 is 1.33 bits per heavy atom. The van der Waals surface area contributed by atoms with Crippen LogP contribution in [0.4, 0.5) is 0 Å². The number of hydrogen-bond donors (Lipinski definition) is 1. The molecule has 1 aromatic carbocycles. The number of thioether (sulfide) groups is 1. The molecular formula is C15H22N2S. The Balaban J connectivity index is 1.84. The molecule has 1 unspecified atom stereocenters. The van der Waals surface area contributed by atoms with E-state index in [2.05, 4.69) is 61.4 Å². The standard InChI is InChI=1S/C15H22N2S/c1-12(13-7-5-4-6-8-13)9-16-14-17-10-15(2,3)11-18-14/h4-8,12H,9-11H2,1-3H3,(H,16,17). The fraction of sp³-hybridized carbons (Fsp3) is 0.533. The number of hydrogen-bond acceptors (Lipinski definition) is 3. The molecule has 1 aromatic rings. The van der Waals surface area contributed by atoms with Crippen LogP contribution < -0.4 is 5.32 Å². The Morgan fingerprint density at radius 3 is 2.67 bits per heavy atom. The fourth-order valence-electron chi connectivity index (χ4n) is 1.89. The first-order valence-corrected chi connectivity index (χ1v) is 7.51. The van der Waals surface area contributed by atoms with Gasteiger partial charge in [0, 0.05) is 18.8 Å². The van der Waals surface area contributed by atoms with Gasteiger partial charge < -0.3 is 5.32 Å². The summed E-state index contributed by atoms with van der Waals surface area (Å²) < 4.78 is 0. The smallest absolute Gasteiger partial charge is 0.156 e. The predicted octanol–water partition coefficient (Wildman–Crippen LogP) is 3.51. The van der Waals surface area contributed by atoms with Gasteiger partial charge in [-0.2, -0.15) is 0 Å². The summed E-state index contributed by atoms with van der Waals surface area (Å²) >= 11 is 1.85. The number of nitrogens with one attached hydrogen (secondary N) is 1. The Kier molecular flexibility index (Phi) is 4.33. The van der Waals surface area contributed by atoms with Crippen molar-refractivity contribution < 1.29 is 0 Å². The van der Waals surface area contributed by atoms with E-state index in [1.807, 2.05) is 11.8 Å². The lowest BCUT2D eigenvalue weighted by atomic mass is 9.97. The van der Waals surface area contributed by atoms with Gasteiger partial charge in [0.1, 0.15) is 0 Å². The molecule has 0 bridgehead atoms. The molecule has 1 aliphatic rings. The first kappa shape index (κ1) is 13.5. The average Bonchev–Trinajstić information content (AvgIpc) is 2.38.